The van der Waals surface area contributed by atoms with Crippen LogP contribution in [0.5, 0.6) is 5.88 Å². The highest BCUT2D eigenvalue weighted by molar-refractivity contribution is 6.36. The Morgan fingerprint density at radius 2 is 1.88 bits per heavy atom. The van der Waals surface area contributed by atoms with Gasteiger partial charge in [-0.1, -0.05) is 40.5 Å². The second-order valence-electron chi connectivity index (χ2n) is 5.29. The molecule has 0 aliphatic rings. The van der Waals surface area contributed by atoms with Crippen molar-refractivity contribution in [1.29, 1.82) is 0 Å². The fourth-order valence-corrected chi connectivity index (χ4v) is 2.95. The van der Waals surface area contributed by atoms with Gasteiger partial charge in [0.25, 0.3) is 0 Å². The van der Waals surface area contributed by atoms with Crippen LogP contribution in [-0.4, -0.2) is 15.1 Å². The Morgan fingerprint density at radius 3 is 2.76 bits per heavy atom. The molecule has 4 rings (SSSR count). The molecule has 0 aliphatic heterocycles. The molecule has 0 unspecified atom stereocenters. The van der Waals surface area contributed by atoms with E-state index in [-0.39, 0.29) is 6.61 Å². The SMILES string of the molecule is Clc1ccc(-c2cc(COc3ncnc4ccccc34)on2)c(Cl)c1. The summed E-state index contributed by atoms with van der Waals surface area (Å²) in [5.41, 5.74) is 2.18. The Kier molecular flexibility index (Phi) is 4.26. The molecule has 25 heavy (non-hydrogen) atoms. The molecule has 0 fully saturated rings. The number of ether oxygens (including phenoxy) is 1. The molecule has 0 radical (unpaired) electrons. The molecule has 0 aliphatic carbocycles. The van der Waals surface area contributed by atoms with Gasteiger partial charge in [0.15, 0.2) is 12.4 Å². The van der Waals surface area contributed by atoms with Crippen molar-refractivity contribution in [2.24, 2.45) is 0 Å². The molecule has 2 aromatic heterocycles. The number of rotatable bonds is 4. The number of halogens is 2. The maximum atomic E-state index is 6.20. The number of fused-ring (bicyclic) bond motifs is 1. The lowest BCUT2D eigenvalue weighted by Gasteiger charge is -2.05. The third kappa shape index (κ3) is 3.29. The summed E-state index contributed by atoms with van der Waals surface area (Å²) in [5.74, 6) is 1.05. The fraction of sp³-hybridized carbons (Fsp3) is 0.0556. The van der Waals surface area contributed by atoms with E-state index >= 15 is 0 Å². The summed E-state index contributed by atoms with van der Waals surface area (Å²) < 4.78 is 11.1. The van der Waals surface area contributed by atoms with E-state index in [4.69, 9.17) is 32.5 Å². The van der Waals surface area contributed by atoms with E-state index in [0.29, 0.717) is 27.4 Å². The standard InChI is InChI=1S/C18H11Cl2N3O2/c19-11-5-6-13(15(20)7-11)17-8-12(25-23-17)9-24-18-14-3-1-2-4-16(14)21-10-22-18/h1-8,10H,9H2. The lowest BCUT2D eigenvalue weighted by molar-refractivity contribution is 0.244. The van der Waals surface area contributed by atoms with E-state index in [1.807, 2.05) is 24.3 Å². The van der Waals surface area contributed by atoms with E-state index < -0.39 is 0 Å². The third-order valence-electron chi connectivity index (χ3n) is 3.62. The van der Waals surface area contributed by atoms with E-state index in [9.17, 15) is 0 Å². The first kappa shape index (κ1) is 15.9. The van der Waals surface area contributed by atoms with Crippen LogP contribution in [0.3, 0.4) is 0 Å². The molecule has 0 saturated carbocycles. The summed E-state index contributed by atoms with van der Waals surface area (Å²) in [6, 6.07) is 14.6. The van der Waals surface area contributed by atoms with Gasteiger partial charge in [-0.25, -0.2) is 9.97 Å². The molecule has 0 amide bonds. The van der Waals surface area contributed by atoms with Gasteiger partial charge in [0.05, 0.1) is 15.9 Å². The lowest BCUT2D eigenvalue weighted by atomic mass is 10.1. The zero-order valence-corrected chi connectivity index (χ0v) is 14.3. The van der Waals surface area contributed by atoms with E-state index in [0.717, 1.165) is 16.5 Å². The quantitative estimate of drug-likeness (QED) is 0.495. The van der Waals surface area contributed by atoms with Crippen molar-refractivity contribution >= 4 is 34.1 Å². The Balaban J connectivity index is 1.55. The monoisotopic (exact) mass is 371 g/mol. The van der Waals surface area contributed by atoms with Gasteiger partial charge in [-0.2, -0.15) is 0 Å². The van der Waals surface area contributed by atoms with Crippen molar-refractivity contribution in [2.75, 3.05) is 0 Å². The number of para-hydroxylation sites is 1. The van der Waals surface area contributed by atoms with Crippen LogP contribution in [0.15, 0.2) is 59.4 Å². The molecule has 7 heteroatoms. The van der Waals surface area contributed by atoms with Gasteiger partial charge in [-0.05, 0) is 30.3 Å². The van der Waals surface area contributed by atoms with Crippen LogP contribution in [0, 0.1) is 0 Å². The summed E-state index contributed by atoms with van der Waals surface area (Å²) >= 11 is 12.1. The van der Waals surface area contributed by atoms with Crippen LogP contribution >= 0.6 is 23.2 Å². The minimum Gasteiger partial charge on any atom is -0.469 e. The highest BCUT2D eigenvalue weighted by Gasteiger charge is 2.12. The van der Waals surface area contributed by atoms with Gasteiger partial charge in [0, 0.05) is 16.7 Å². The predicted molar refractivity (Wildman–Crippen MR) is 95.8 cm³/mol. The zero-order chi connectivity index (χ0) is 17.2. The number of nitrogens with zero attached hydrogens (tertiary/aromatic N) is 3. The molecule has 0 atom stereocenters. The van der Waals surface area contributed by atoms with Crippen LogP contribution in [-0.2, 0) is 6.61 Å². The molecular weight excluding hydrogens is 361 g/mol. The Hall–Kier alpha value is -2.63. The molecule has 124 valence electrons. The normalized spacial score (nSPS) is 11.0. The van der Waals surface area contributed by atoms with Crippen molar-refractivity contribution in [3.8, 4) is 17.1 Å². The maximum absolute atomic E-state index is 6.20. The molecule has 2 heterocycles. The summed E-state index contributed by atoms with van der Waals surface area (Å²) in [4.78, 5) is 8.38. The zero-order valence-electron chi connectivity index (χ0n) is 12.8. The average Bonchev–Trinajstić information content (AvgIpc) is 3.08. The van der Waals surface area contributed by atoms with E-state index in [1.54, 1.807) is 24.3 Å². The summed E-state index contributed by atoms with van der Waals surface area (Å²) in [6.07, 6.45) is 1.47. The average molecular weight is 372 g/mol. The van der Waals surface area contributed by atoms with Crippen LogP contribution < -0.4 is 4.74 Å². The molecule has 0 N–H and O–H groups in total. The Bertz CT molecular complexity index is 1040. The van der Waals surface area contributed by atoms with Gasteiger partial charge in [0.1, 0.15) is 12.0 Å². The molecule has 0 bridgehead atoms. The van der Waals surface area contributed by atoms with Crippen molar-refractivity contribution in [2.45, 2.75) is 6.61 Å². The number of hydrogen-bond acceptors (Lipinski definition) is 5. The Labute approximate surface area is 153 Å². The number of hydrogen-bond donors (Lipinski definition) is 0. The first-order valence-corrected chi connectivity index (χ1v) is 8.20. The second-order valence-corrected chi connectivity index (χ2v) is 6.13. The minimum atomic E-state index is 0.194. The topological polar surface area (TPSA) is 61.0 Å². The molecule has 0 saturated heterocycles. The minimum absolute atomic E-state index is 0.194. The van der Waals surface area contributed by atoms with Crippen molar-refractivity contribution in [3.63, 3.8) is 0 Å². The van der Waals surface area contributed by atoms with Crippen LogP contribution in [0.25, 0.3) is 22.2 Å². The number of aromatic nitrogens is 3. The van der Waals surface area contributed by atoms with Gasteiger partial charge < -0.3 is 9.26 Å². The van der Waals surface area contributed by atoms with E-state index in [1.165, 1.54) is 6.33 Å². The van der Waals surface area contributed by atoms with Crippen molar-refractivity contribution in [3.05, 3.63) is 70.7 Å². The lowest BCUT2D eigenvalue weighted by Crippen LogP contribution is -1.97. The molecular formula is C18H11Cl2N3O2. The third-order valence-corrected chi connectivity index (χ3v) is 4.17. The first-order valence-electron chi connectivity index (χ1n) is 7.44. The van der Waals surface area contributed by atoms with Gasteiger partial charge >= 0.3 is 0 Å². The molecule has 5 nitrogen and oxygen atoms in total. The molecule has 0 spiro atoms. The smallest absolute Gasteiger partial charge is 0.224 e. The van der Waals surface area contributed by atoms with Gasteiger partial charge in [0.2, 0.25) is 5.88 Å². The Morgan fingerprint density at radius 1 is 1.00 bits per heavy atom. The predicted octanol–water partition coefficient (Wildman–Crippen LogP) is 5.17. The summed E-state index contributed by atoms with van der Waals surface area (Å²) in [7, 11) is 0. The largest absolute Gasteiger partial charge is 0.469 e. The van der Waals surface area contributed by atoms with Gasteiger partial charge in [-0.3, -0.25) is 0 Å². The highest BCUT2D eigenvalue weighted by atomic mass is 35.5. The summed E-state index contributed by atoms with van der Waals surface area (Å²) in [6.45, 7) is 0.194. The van der Waals surface area contributed by atoms with Crippen LogP contribution in [0.2, 0.25) is 10.0 Å². The highest BCUT2D eigenvalue weighted by Crippen LogP contribution is 2.30. The van der Waals surface area contributed by atoms with Gasteiger partial charge in [-0.15, -0.1) is 0 Å². The van der Waals surface area contributed by atoms with Crippen LogP contribution in [0.1, 0.15) is 5.76 Å². The first-order chi connectivity index (χ1) is 12.2. The van der Waals surface area contributed by atoms with E-state index in [2.05, 4.69) is 15.1 Å². The number of benzene rings is 2. The van der Waals surface area contributed by atoms with Crippen LogP contribution in [0.4, 0.5) is 0 Å². The summed E-state index contributed by atoms with van der Waals surface area (Å²) in [5, 5.41) is 5.95. The van der Waals surface area contributed by atoms with Crippen molar-refractivity contribution < 1.29 is 9.26 Å². The second kappa shape index (κ2) is 6.70. The van der Waals surface area contributed by atoms with Crippen molar-refractivity contribution in [1.82, 2.24) is 15.1 Å². The molecule has 4 aromatic rings. The maximum Gasteiger partial charge on any atom is 0.224 e. The fourth-order valence-electron chi connectivity index (χ4n) is 2.44. The molecule has 2 aromatic carbocycles.